The zero-order valence-corrected chi connectivity index (χ0v) is 17.8. The van der Waals surface area contributed by atoms with E-state index in [4.69, 9.17) is 13.9 Å². The predicted molar refractivity (Wildman–Crippen MR) is 113 cm³/mol. The molecule has 1 aromatic heterocycles. The lowest BCUT2D eigenvalue weighted by molar-refractivity contribution is -0.127. The number of nitrogens with zero attached hydrogens (tertiary/aromatic N) is 1. The number of rotatable bonds is 8. The summed E-state index contributed by atoms with van der Waals surface area (Å²) in [5.74, 6) is 1.51. The molecule has 7 heteroatoms. The number of ether oxygens (including phenoxy) is 2. The molecular weight excluding hydrogens is 384 g/mol. The Kier molecular flexibility index (Phi) is 7.38. The first-order valence-corrected chi connectivity index (χ1v) is 10.6. The Labute approximate surface area is 177 Å². The number of hydrogen-bond acceptors (Lipinski definition) is 5. The summed E-state index contributed by atoms with van der Waals surface area (Å²) in [5.41, 5.74) is 0.959. The molecule has 1 fully saturated rings. The summed E-state index contributed by atoms with van der Waals surface area (Å²) in [6.07, 6.45) is 2.77. The topological polar surface area (TPSA) is 81.0 Å². The van der Waals surface area contributed by atoms with E-state index in [0.29, 0.717) is 56.4 Å². The van der Waals surface area contributed by atoms with Crippen LogP contribution in [0.15, 0.2) is 41.0 Å². The molecule has 1 aromatic carbocycles. The van der Waals surface area contributed by atoms with Gasteiger partial charge in [0.15, 0.2) is 17.3 Å². The van der Waals surface area contributed by atoms with Gasteiger partial charge in [0.05, 0.1) is 25.5 Å². The number of likely N-dealkylation sites (tertiary alicyclic amines) is 1. The Balaban J connectivity index is 1.56. The van der Waals surface area contributed by atoms with E-state index in [1.165, 1.54) is 6.26 Å². The van der Waals surface area contributed by atoms with E-state index in [0.717, 1.165) is 5.56 Å². The van der Waals surface area contributed by atoms with Crippen molar-refractivity contribution < 1.29 is 23.5 Å². The monoisotopic (exact) mass is 414 g/mol. The average molecular weight is 415 g/mol. The van der Waals surface area contributed by atoms with E-state index in [-0.39, 0.29) is 23.8 Å². The van der Waals surface area contributed by atoms with E-state index < -0.39 is 0 Å². The van der Waals surface area contributed by atoms with Crippen LogP contribution in [0.25, 0.3) is 0 Å². The molecule has 30 heavy (non-hydrogen) atoms. The maximum atomic E-state index is 12.8. The summed E-state index contributed by atoms with van der Waals surface area (Å²) in [6.45, 7) is 8.01. The van der Waals surface area contributed by atoms with Crippen LogP contribution in [-0.4, -0.2) is 43.0 Å². The minimum Gasteiger partial charge on any atom is -0.490 e. The SMILES string of the molecule is CCOc1ccc(C(C)NC(=O)C2CCN(C(=O)c3ccco3)CC2)cc1OCC. The predicted octanol–water partition coefficient (Wildman–Crippen LogP) is 3.81. The van der Waals surface area contributed by atoms with E-state index in [2.05, 4.69) is 5.32 Å². The first kappa shape index (κ1) is 21.7. The molecule has 162 valence electrons. The van der Waals surface area contributed by atoms with Crippen molar-refractivity contribution >= 4 is 11.8 Å². The average Bonchev–Trinajstić information content (AvgIpc) is 3.29. The van der Waals surface area contributed by atoms with E-state index in [1.54, 1.807) is 17.0 Å². The fraction of sp³-hybridized carbons (Fsp3) is 0.478. The highest BCUT2D eigenvalue weighted by molar-refractivity contribution is 5.91. The van der Waals surface area contributed by atoms with Crippen molar-refractivity contribution in [3.05, 3.63) is 47.9 Å². The minimum atomic E-state index is -0.157. The second-order valence-corrected chi connectivity index (χ2v) is 7.35. The summed E-state index contributed by atoms with van der Waals surface area (Å²) < 4.78 is 16.5. The highest BCUT2D eigenvalue weighted by atomic mass is 16.5. The van der Waals surface area contributed by atoms with Gasteiger partial charge in [0.1, 0.15) is 0 Å². The van der Waals surface area contributed by atoms with Gasteiger partial charge < -0.3 is 24.1 Å². The van der Waals surface area contributed by atoms with Gasteiger partial charge in [-0.1, -0.05) is 6.07 Å². The number of hydrogen-bond donors (Lipinski definition) is 1. The van der Waals surface area contributed by atoms with Crippen molar-refractivity contribution in [1.29, 1.82) is 0 Å². The lowest BCUT2D eigenvalue weighted by Gasteiger charge is -2.31. The summed E-state index contributed by atoms with van der Waals surface area (Å²) in [7, 11) is 0. The summed E-state index contributed by atoms with van der Waals surface area (Å²) in [5, 5.41) is 3.10. The maximum absolute atomic E-state index is 12.8. The van der Waals surface area contributed by atoms with Gasteiger partial charge in [-0.2, -0.15) is 0 Å². The molecule has 3 rings (SSSR count). The third-order valence-electron chi connectivity index (χ3n) is 5.31. The Morgan fingerprint density at radius 2 is 1.83 bits per heavy atom. The highest BCUT2D eigenvalue weighted by Crippen LogP contribution is 2.31. The second-order valence-electron chi connectivity index (χ2n) is 7.35. The van der Waals surface area contributed by atoms with Gasteiger partial charge in [-0.05, 0) is 63.4 Å². The normalized spacial score (nSPS) is 15.5. The van der Waals surface area contributed by atoms with Gasteiger partial charge in [0.25, 0.3) is 5.91 Å². The van der Waals surface area contributed by atoms with Gasteiger partial charge in [-0.25, -0.2) is 0 Å². The molecular formula is C23H30N2O5. The van der Waals surface area contributed by atoms with Gasteiger partial charge in [-0.15, -0.1) is 0 Å². The Morgan fingerprint density at radius 3 is 2.47 bits per heavy atom. The van der Waals surface area contributed by atoms with Crippen molar-refractivity contribution in [2.24, 2.45) is 5.92 Å². The van der Waals surface area contributed by atoms with Crippen molar-refractivity contribution in [2.45, 2.75) is 39.7 Å². The largest absolute Gasteiger partial charge is 0.490 e. The van der Waals surface area contributed by atoms with Crippen LogP contribution in [0.3, 0.4) is 0 Å². The van der Waals surface area contributed by atoms with E-state index >= 15 is 0 Å². The van der Waals surface area contributed by atoms with Crippen molar-refractivity contribution in [3.8, 4) is 11.5 Å². The molecule has 1 atom stereocenters. The molecule has 2 amide bonds. The molecule has 7 nitrogen and oxygen atoms in total. The third kappa shape index (κ3) is 5.14. The number of nitrogens with one attached hydrogen (secondary N) is 1. The van der Waals surface area contributed by atoms with Gasteiger partial charge in [0, 0.05) is 19.0 Å². The molecule has 1 aliphatic rings. The van der Waals surface area contributed by atoms with Crippen LogP contribution in [0.5, 0.6) is 11.5 Å². The number of carbonyl (C=O) groups excluding carboxylic acids is 2. The minimum absolute atomic E-state index is 0.0134. The summed E-state index contributed by atoms with van der Waals surface area (Å²) >= 11 is 0. The fourth-order valence-corrected chi connectivity index (χ4v) is 3.65. The van der Waals surface area contributed by atoms with Crippen LogP contribution in [0.4, 0.5) is 0 Å². The quantitative estimate of drug-likeness (QED) is 0.710. The Morgan fingerprint density at radius 1 is 1.13 bits per heavy atom. The van der Waals surface area contributed by atoms with Gasteiger partial charge in [0.2, 0.25) is 5.91 Å². The molecule has 1 saturated heterocycles. The van der Waals surface area contributed by atoms with Crippen LogP contribution in [0.2, 0.25) is 0 Å². The molecule has 1 N–H and O–H groups in total. The lowest BCUT2D eigenvalue weighted by Crippen LogP contribution is -2.43. The second kappa shape index (κ2) is 10.2. The molecule has 0 spiro atoms. The summed E-state index contributed by atoms with van der Waals surface area (Å²) in [4.78, 5) is 26.9. The smallest absolute Gasteiger partial charge is 0.289 e. The molecule has 1 unspecified atom stereocenters. The zero-order valence-electron chi connectivity index (χ0n) is 17.8. The van der Waals surface area contributed by atoms with E-state index in [1.807, 2.05) is 39.0 Å². The van der Waals surface area contributed by atoms with Crippen LogP contribution in [0.1, 0.15) is 55.8 Å². The van der Waals surface area contributed by atoms with Gasteiger partial charge >= 0.3 is 0 Å². The maximum Gasteiger partial charge on any atom is 0.289 e. The molecule has 0 aliphatic carbocycles. The number of piperidine rings is 1. The third-order valence-corrected chi connectivity index (χ3v) is 5.31. The van der Waals surface area contributed by atoms with Crippen LogP contribution >= 0.6 is 0 Å². The Bertz CT molecular complexity index is 841. The standard InChI is InChI=1S/C23H30N2O5/c1-4-28-19-9-8-18(15-21(19)29-5-2)16(3)24-22(26)17-10-12-25(13-11-17)23(27)20-7-6-14-30-20/h6-9,14-17H,4-5,10-13H2,1-3H3,(H,24,26). The molecule has 1 aliphatic heterocycles. The van der Waals surface area contributed by atoms with Crippen LogP contribution < -0.4 is 14.8 Å². The van der Waals surface area contributed by atoms with E-state index in [9.17, 15) is 9.59 Å². The lowest BCUT2D eigenvalue weighted by atomic mass is 9.95. The molecule has 0 bridgehead atoms. The molecule has 0 saturated carbocycles. The Hall–Kier alpha value is -2.96. The number of benzene rings is 1. The van der Waals surface area contributed by atoms with Crippen molar-refractivity contribution in [3.63, 3.8) is 0 Å². The highest BCUT2D eigenvalue weighted by Gasteiger charge is 2.29. The zero-order chi connectivity index (χ0) is 21.5. The number of amides is 2. The molecule has 2 heterocycles. The number of carbonyl (C=O) groups is 2. The first-order valence-electron chi connectivity index (χ1n) is 10.6. The number of furan rings is 1. The first-order chi connectivity index (χ1) is 14.5. The van der Waals surface area contributed by atoms with Gasteiger partial charge in [-0.3, -0.25) is 9.59 Å². The fourth-order valence-electron chi connectivity index (χ4n) is 3.65. The van der Waals surface area contributed by atoms with Crippen molar-refractivity contribution in [1.82, 2.24) is 10.2 Å². The summed E-state index contributed by atoms with van der Waals surface area (Å²) in [6, 6.07) is 8.96. The van der Waals surface area contributed by atoms with Crippen LogP contribution in [0, 0.1) is 5.92 Å². The van der Waals surface area contributed by atoms with Crippen molar-refractivity contribution in [2.75, 3.05) is 26.3 Å². The molecule has 0 radical (unpaired) electrons. The van der Waals surface area contributed by atoms with Crippen LogP contribution in [-0.2, 0) is 4.79 Å². The molecule has 2 aromatic rings.